The average molecular weight is 215 g/mol. The molecule has 0 radical (unpaired) electrons. The van der Waals surface area contributed by atoms with E-state index in [2.05, 4.69) is 17.1 Å². The molecule has 5 heteroatoms. The minimum Gasteiger partial charge on any atom is -0.382 e. The van der Waals surface area contributed by atoms with Crippen molar-refractivity contribution in [1.82, 2.24) is 10.2 Å². The Labute approximate surface area is 88.5 Å². The average Bonchev–Trinajstić information content (AvgIpc) is 2.63. The highest BCUT2D eigenvalue weighted by Crippen LogP contribution is 2.13. The molecule has 1 aromatic rings. The summed E-state index contributed by atoms with van der Waals surface area (Å²) in [6.45, 7) is 2.70. The Kier molecular flexibility index (Phi) is 5.00. The maximum absolute atomic E-state index is 5.43. The normalized spacial score (nSPS) is 13.1. The highest BCUT2D eigenvalue weighted by Gasteiger charge is 2.05. The fourth-order valence-corrected chi connectivity index (χ4v) is 1.93. The fraction of sp³-hybridized carbons (Fsp3) is 0.778. The predicted molar refractivity (Wildman–Crippen MR) is 57.5 cm³/mol. The summed E-state index contributed by atoms with van der Waals surface area (Å²) < 4.78 is 5.16. The fourth-order valence-electron chi connectivity index (χ4n) is 1.06. The van der Waals surface area contributed by atoms with Gasteiger partial charge in [0.25, 0.3) is 0 Å². The number of nitrogens with zero attached hydrogens (tertiary/aromatic N) is 2. The molecule has 1 unspecified atom stereocenters. The van der Waals surface area contributed by atoms with Gasteiger partial charge in [-0.2, -0.15) is 0 Å². The molecule has 2 N–H and O–H groups in total. The third-order valence-electron chi connectivity index (χ3n) is 2.03. The number of nitrogens with two attached hydrogens (primary N) is 1. The maximum atomic E-state index is 5.43. The number of aromatic nitrogens is 2. The SMILES string of the molecule is COC(C)CCc1nnc(CCN)s1. The Bertz CT molecular complexity index is 264. The second kappa shape index (κ2) is 6.06. The van der Waals surface area contributed by atoms with Crippen LogP contribution in [-0.4, -0.2) is 30.0 Å². The van der Waals surface area contributed by atoms with Gasteiger partial charge in [0.2, 0.25) is 0 Å². The summed E-state index contributed by atoms with van der Waals surface area (Å²) >= 11 is 1.65. The number of rotatable bonds is 6. The summed E-state index contributed by atoms with van der Waals surface area (Å²) in [5.41, 5.74) is 5.43. The van der Waals surface area contributed by atoms with Gasteiger partial charge in [0, 0.05) is 20.0 Å². The molecule has 0 aromatic carbocycles. The van der Waals surface area contributed by atoms with Crippen molar-refractivity contribution in [1.29, 1.82) is 0 Å². The third-order valence-corrected chi connectivity index (χ3v) is 3.08. The zero-order valence-corrected chi connectivity index (χ0v) is 9.51. The van der Waals surface area contributed by atoms with Crippen molar-refractivity contribution in [3.63, 3.8) is 0 Å². The van der Waals surface area contributed by atoms with Crippen LogP contribution in [0, 0.1) is 0 Å². The Morgan fingerprint density at radius 2 is 2.00 bits per heavy atom. The molecule has 0 aliphatic rings. The van der Waals surface area contributed by atoms with Crippen LogP contribution in [0.15, 0.2) is 0 Å². The standard InChI is InChI=1S/C9H17N3OS/c1-7(13-2)3-4-8-11-12-9(14-8)5-6-10/h7H,3-6,10H2,1-2H3. The van der Waals surface area contributed by atoms with Gasteiger partial charge in [-0.1, -0.05) is 0 Å². The zero-order valence-electron chi connectivity index (χ0n) is 8.69. The van der Waals surface area contributed by atoms with Crippen LogP contribution in [0.1, 0.15) is 23.4 Å². The van der Waals surface area contributed by atoms with Gasteiger partial charge in [-0.05, 0) is 19.9 Å². The number of aryl methyl sites for hydroxylation is 1. The van der Waals surface area contributed by atoms with Crippen LogP contribution in [-0.2, 0) is 17.6 Å². The van der Waals surface area contributed by atoms with E-state index >= 15 is 0 Å². The van der Waals surface area contributed by atoms with Crippen LogP contribution in [0.5, 0.6) is 0 Å². The molecule has 1 atom stereocenters. The summed E-state index contributed by atoms with van der Waals surface area (Å²) in [5.74, 6) is 0. The van der Waals surface area contributed by atoms with Gasteiger partial charge in [0.1, 0.15) is 10.0 Å². The number of hydrogen-bond donors (Lipinski definition) is 1. The number of methoxy groups -OCH3 is 1. The van der Waals surface area contributed by atoms with E-state index in [0.29, 0.717) is 6.54 Å². The van der Waals surface area contributed by atoms with Gasteiger partial charge in [0.15, 0.2) is 0 Å². The summed E-state index contributed by atoms with van der Waals surface area (Å²) in [6.07, 6.45) is 3.06. The molecule has 1 aromatic heterocycles. The molecule has 0 aliphatic carbocycles. The van der Waals surface area contributed by atoms with Gasteiger partial charge in [0.05, 0.1) is 6.10 Å². The first-order valence-electron chi connectivity index (χ1n) is 4.80. The Morgan fingerprint density at radius 3 is 2.57 bits per heavy atom. The lowest BCUT2D eigenvalue weighted by atomic mass is 10.2. The molecule has 0 bridgehead atoms. The van der Waals surface area contributed by atoms with E-state index in [1.807, 2.05) is 0 Å². The lowest BCUT2D eigenvalue weighted by Crippen LogP contribution is -2.05. The largest absolute Gasteiger partial charge is 0.382 e. The summed E-state index contributed by atoms with van der Waals surface area (Å²) in [6, 6.07) is 0. The van der Waals surface area contributed by atoms with Crippen molar-refractivity contribution in [2.75, 3.05) is 13.7 Å². The van der Waals surface area contributed by atoms with Gasteiger partial charge in [-0.15, -0.1) is 21.5 Å². The lowest BCUT2D eigenvalue weighted by Gasteiger charge is -2.06. The number of hydrogen-bond acceptors (Lipinski definition) is 5. The van der Waals surface area contributed by atoms with E-state index in [1.165, 1.54) is 0 Å². The summed E-state index contributed by atoms with van der Waals surface area (Å²) in [5, 5.41) is 10.3. The highest BCUT2D eigenvalue weighted by atomic mass is 32.1. The van der Waals surface area contributed by atoms with Gasteiger partial charge >= 0.3 is 0 Å². The van der Waals surface area contributed by atoms with Crippen molar-refractivity contribution in [3.05, 3.63) is 10.0 Å². The van der Waals surface area contributed by atoms with Crippen molar-refractivity contribution < 1.29 is 4.74 Å². The molecule has 0 fully saturated rings. The summed E-state index contributed by atoms with van der Waals surface area (Å²) in [4.78, 5) is 0. The van der Waals surface area contributed by atoms with Crippen LogP contribution in [0.3, 0.4) is 0 Å². The molecule has 4 nitrogen and oxygen atoms in total. The first-order chi connectivity index (χ1) is 6.76. The molecule has 0 amide bonds. The Morgan fingerprint density at radius 1 is 1.36 bits per heavy atom. The Hall–Kier alpha value is -0.520. The van der Waals surface area contributed by atoms with E-state index in [-0.39, 0.29) is 6.10 Å². The first kappa shape index (κ1) is 11.6. The molecule has 1 rings (SSSR count). The van der Waals surface area contributed by atoms with Crippen molar-refractivity contribution in [2.24, 2.45) is 5.73 Å². The quantitative estimate of drug-likeness (QED) is 0.769. The smallest absolute Gasteiger partial charge is 0.118 e. The minimum atomic E-state index is 0.289. The van der Waals surface area contributed by atoms with E-state index in [4.69, 9.17) is 10.5 Å². The van der Waals surface area contributed by atoms with E-state index < -0.39 is 0 Å². The zero-order chi connectivity index (χ0) is 10.4. The monoisotopic (exact) mass is 215 g/mol. The molecular formula is C9H17N3OS. The molecule has 0 spiro atoms. The van der Waals surface area contributed by atoms with Crippen LogP contribution >= 0.6 is 11.3 Å². The predicted octanol–water partition coefficient (Wildman–Crippen LogP) is 1.01. The van der Waals surface area contributed by atoms with Gasteiger partial charge in [-0.3, -0.25) is 0 Å². The molecule has 0 saturated carbocycles. The molecular weight excluding hydrogens is 198 g/mol. The second-order valence-electron chi connectivity index (χ2n) is 3.21. The summed E-state index contributed by atoms with van der Waals surface area (Å²) in [7, 11) is 1.73. The topological polar surface area (TPSA) is 61.0 Å². The van der Waals surface area contributed by atoms with Crippen LogP contribution in [0.2, 0.25) is 0 Å². The van der Waals surface area contributed by atoms with Crippen LogP contribution in [0.25, 0.3) is 0 Å². The molecule has 0 saturated heterocycles. The number of ether oxygens (including phenoxy) is 1. The van der Waals surface area contributed by atoms with E-state index in [9.17, 15) is 0 Å². The molecule has 80 valence electrons. The van der Waals surface area contributed by atoms with Crippen molar-refractivity contribution in [3.8, 4) is 0 Å². The maximum Gasteiger partial charge on any atom is 0.118 e. The van der Waals surface area contributed by atoms with Crippen LogP contribution in [0.4, 0.5) is 0 Å². The van der Waals surface area contributed by atoms with Crippen molar-refractivity contribution >= 4 is 11.3 Å². The molecule has 14 heavy (non-hydrogen) atoms. The second-order valence-corrected chi connectivity index (χ2v) is 4.36. The lowest BCUT2D eigenvalue weighted by molar-refractivity contribution is 0.111. The minimum absolute atomic E-state index is 0.289. The van der Waals surface area contributed by atoms with Crippen LogP contribution < -0.4 is 5.73 Å². The Balaban J connectivity index is 2.35. The van der Waals surface area contributed by atoms with Gasteiger partial charge in [-0.25, -0.2) is 0 Å². The highest BCUT2D eigenvalue weighted by molar-refractivity contribution is 7.11. The van der Waals surface area contributed by atoms with Gasteiger partial charge < -0.3 is 10.5 Å². The first-order valence-corrected chi connectivity index (χ1v) is 5.62. The van der Waals surface area contributed by atoms with E-state index in [0.717, 1.165) is 29.3 Å². The van der Waals surface area contributed by atoms with Crippen molar-refractivity contribution in [2.45, 2.75) is 32.3 Å². The third kappa shape index (κ3) is 3.69. The van der Waals surface area contributed by atoms with E-state index in [1.54, 1.807) is 18.4 Å². The molecule has 1 heterocycles. The molecule has 0 aliphatic heterocycles.